The number of likely N-dealkylation sites (tertiary alicyclic amines) is 1. The van der Waals surface area contributed by atoms with Crippen molar-refractivity contribution in [3.8, 4) is 11.3 Å². The molecule has 0 radical (unpaired) electrons. The van der Waals surface area contributed by atoms with E-state index in [9.17, 15) is 19.2 Å². The third-order valence-electron chi connectivity index (χ3n) is 11.6. The van der Waals surface area contributed by atoms with E-state index in [0.717, 1.165) is 91.7 Å². The smallest absolute Gasteiger partial charge is 0.410 e. The van der Waals surface area contributed by atoms with Crippen LogP contribution >= 0.6 is 34.4 Å². The molecule has 0 aliphatic carbocycles. The van der Waals surface area contributed by atoms with E-state index in [4.69, 9.17) is 19.9 Å². The van der Waals surface area contributed by atoms with Gasteiger partial charge in [-0.05, 0) is 134 Å². The summed E-state index contributed by atoms with van der Waals surface area (Å²) in [6.07, 6.45) is 5.42. The molecule has 0 bridgehead atoms. The Morgan fingerprint density at radius 3 is 2.03 bits per heavy atom. The van der Waals surface area contributed by atoms with Gasteiger partial charge >= 0.3 is 18.0 Å². The van der Waals surface area contributed by atoms with Crippen LogP contribution in [0.15, 0.2) is 77.1 Å². The first-order valence-electron chi connectivity index (χ1n) is 23.0. The number of ether oxygens (including phenoxy) is 3. The van der Waals surface area contributed by atoms with Crippen LogP contribution in [0, 0.1) is 13.8 Å². The Kier molecular flexibility index (Phi) is 15.0. The van der Waals surface area contributed by atoms with Crippen molar-refractivity contribution in [3.05, 3.63) is 110 Å². The summed E-state index contributed by atoms with van der Waals surface area (Å²) in [6.45, 7) is 16.0. The third-order valence-corrected chi connectivity index (χ3v) is 14.3. The number of anilines is 1. The number of benzene rings is 2. The number of carbonyl (C=O) groups excluding carboxylic acids is 3. The quantitative estimate of drug-likeness (QED) is 0.0935. The van der Waals surface area contributed by atoms with Gasteiger partial charge in [0.15, 0.2) is 11.2 Å². The molecule has 0 spiro atoms. The number of rotatable bonds is 5. The lowest BCUT2D eigenvalue weighted by Crippen LogP contribution is -2.42. The Labute approximate surface area is 417 Å². The molecule has 20 heteroatoms. The van der Waals surface area contributed by atoms with Crippen LogP contribution in [0.4, 0.5) is 10.6 Å². The van der Waals surface area contributed by atoms with Crippen molar-refractivity contribution in [3.63, 3.8) is 0 Å². The van der Waals surface area contributed by atoms with Crippen molar-refractivity contribution in [2.24, 2.45) is 0 Å². The summed E-state index contributed by atoms with van der Waals surface area (Å²) in [4.78, 5) is 65.1. The number of thiazole rings is 2. The second-order valence-corrected chi connectivity index (χ2v) is 21.9. The van der Waals surface area contributed by atoms with E-state index in [-0.39, 0.29) is 17.2 Å². The molecule has 5 aromatic heterocycles. The molecule has 3 saturated heterocycles. The standard InChI is InChI=1S/C20H19N5OS.C16H15NO4S2.C14H22N4O2/c1-12-22-16-3-2-14(10-18(16)27-12)17-11-20(26)25-19(23-17)5-4-15(24-25)13-6-8-21-9-7-13;1-8-17-10-6-5-9(7-11(10)23-8)13(22-4)12-14(18)20-16(2,3)21-15(12)19;1-14(2,3)20-13(19)18-8-6-10(7-9-18)11-4-5-12(15)17-16-11/h2-5,10-11,13,21H,6-9H2,1H3;5-7H,1-4H3;4-5,10H,6-9H2,1-3H3,(H2,15,17). The molecule has 366 valence electrons. The summed E-state index contributed by atoms with van der Waals surface area (Å²) in [5.74, 6) is -1.38. The largest absolute Gasteiger partial charge is 0.444 e. The monoisotopic (exact) mass is 1000 g/mol. The minimum Gasteiger partial charge on any atom is -0.444 e. The Morgan fingerprint density at radius 2 is 1.41 bits per heavy atom. The Morgan fingerprint density at radius 1 is 0.800 bits per heavy atom. The van der Waals surface area contributed by atoms with Gasteiger partial charge in [-0.3, -0.25) is 4.79 Å². The highest BCUT2D eigenvalue weighted by molar-refractivity contribution is 8.07. The van der Waals surface area contributed by atoms with Crippen LogP contribution in [-0.2, 0) is 23.8 Å². The molecule has 0 atom stereocenters. The van der Waals surface area contributed by atoms with E-state index in [0.29, 0.717) is 47.0 Å². The molecular weight excluding hydrogens is 949 g/mol. The molecule has 10 rings (SSSR count). The second-order valence-electron chi connectivity index (χ2n) is 18.6. The van der Waals surface area contributed by atoms with Crippen molar-refractivity contribution in [2.45, 2.75) is 97.4 Å². The van der Waals surface area contributed by atoms with Gasteiger partial charge in [0, 0.05) is 55.3 Å². The van der Waals surface area contributed by atoms with E-state index in [2.05, 4.69) is 41.6 Å². The minimum atomic E-state index is -1.24. The summed E-state index contributed by atoms with van der Waals surface area (Å²) in [7, 11) is 0. The Balaban J connectivity index is 0.000000143. The highest BCUT2D eigenvalue weighted by Gasteiger charge is 2.41. The maximum absolute atomic E-state index is 12.7. The predicted octanol–water partition coefficient (Wildman–Crippen LogP) is 8.83. The molecule has 3 N–H and O–H groups in total. The summed E-state index contributed by atoms with van der Waals surface area (Å²) in [6, 6.07) is 20.8. The van der Waals surface area contributed by atoms with Gasteiger partial charge in [0.1, 0.15) is 11.4 Å². The van der Waals surface area contributed by atoms with Gasteiger partial charge in [0.2, 0.25) is 0 Å². The predicted molar refractivity (Wildman–Crippen MR) is 275 cm³/mol. The summed E-state index contributed by atoms with van der Waals surface area (Å²) in [5, 5.41) is 18.0. The Bertz CT molecular complexity index is 3140. The van der Waals surface area contributed by atoms with Crippen LogP contribution in [0.1, 0.15) is 99.1 Å². The number of carbonyl (C=O) groups is 3. The lowest BCUT2D eigenvalue weighted by Gasteiger charge is -2.33. The van der Waals surface area contributed by atoms with Crippen molar-refractivity contribution >= 4 is 89.3 Å². The number of piperidine rings is 2. The number of hydrogen-bond acceptors (Lipinski definition) is 18. The number of hydrogen-bond donors (Lipinski definition) is 2. The number of nitrogen functional groups attached to an aromatic ring is 1. The fraction of sp³-hybridized carbons (Fsp3) is 0.400. The molecule has 8 heterocycles. The number of fused-ring (bicyclic) bond motifs is 3. The SMILES string of the molecule is CC(C)(C)OC(=O)N1CCC(c2ccc(N)nn2)CC1.CSC(=C1C(=O)OC(C)(C)OC1=O)c1ccc2nc(C)sc2c1.Cc1nc2ccc(-c3cc(=O)n4nc(C5CCNCC5)ccc4n3)cc2s1. The van der Waals surface area contributed by atoms with Crippen LogP contribution < -0.4 is 16.6 Å². The van der Waals surface area contributed by atoms with Gasteiger partial charge < -0.3 is 30.2 Å². The molecule has 7 aromatic rings. The first kappa shape index (κ1) is 50.1. The molecule has 0 saturated carbocycles. The maximum Gasteiger partial charge on any atom is 0.410 e. The van der Waals surface area contributed by atoms with Crippen LogP contribution in [0.5, 0.6) is 0 Å². The molecule has 3 fully saturated rings. The summed E-state index contributed by atoms with van der Waals surface area (Å²) < 4.78 is 19.3. The second kappa shape index (κ2) is 20.9. The first-order chi connectivity index (χ1) is 33.3. The average molecular weight is 1010 g/mol. The van der Waals surface area contributed by atoms with E-state index >= 15 is 0 Å². The molecule has 3 aliphatic heterocycles. The van der Waals surface area contributed by atoms with Gasteiger partial charge in [-0.2, -0.15) is 14.7 Å². The molecule has 17 nitrogen and oxygen atoms in total. The fourth-order valence-corrected chi connectivity index (χ4v) is 10.8. The van der Waals surface area contributed by atoms with Crippen molar-refractivity contribution < 1.29 is 28.6 Å². The number of aryl methyl sites for hydroxylation is 2. The molecule has 2 aromatic carbocycles. The zero-order valence-electron chi connectivity index (χ0n) is 40.4. The molecule has 70 heavy (non-hydrogen) atoms. The highest BCUT2D eigenvalue weighted by atomic mass is 32.2. The number of nitrogens with one attached hydrogen (secondary N) is 1. The third kappa shape index (κ3) is 12.0. The number of nitrogens with two attached hydrogens (primary N) is 1. The Hall–Kier alpha value is -6.35. The van der Waals surface area contributed by atoms with Gasteiger partial charge in [0.05, 0.1) is 47.5 Å². The van der Waals surface area contributed by atoms with Gasteiger partial charge in [0.25, 0.3) is 11.3 Å². The lowest BCUT2D eigenvalue weighted by atomic mass is 9.93. The van der Waals surface area contributed by atoms with Crippen LogP contribution in [0.2, 0.25) is 0 Å². The van der Waals surface area contributed by atoms with Gasteiger partial charge in [-0.1, -0.05) is 12.1 Å². The summed E-state index contributed by atoms with van der Waals surface area (Å²) >= 11 is 4.53. The normalized spacial score (nSPS) is 16.5. The van der Waals surface area contributed by atoms with Crippen molar-refractivity contribution in [1.82, 2.24) is 45.0 Å². The maximum atomic E-state index is 12.7. The fourth-order valence-electron chi connectivity index (χ4n) is 8.33. The number of thioether (sulfide) groups is 1. The number of amides is 1. The van der Waals surface area contributed by atoms with Crippen LogP contribution in [-0.4, -0.2) is 102 Å². The molecule has 3 aliphatic rings. The lowest BCUT2D eigenvalue weighted by molar-refractivity contribution is -0.222. The highest BCUT2D eigenvalue weighted by Crippen LogP contribution is 2.37. The van der Waals surface area contributed by atoms with Crippen LogP contribution in [0.25, 0.3) is 42.2 Å². The van der Waals surface area contributed by atoms with Crippen molar-refractivity contribution in [2.75, 3.05) is 38.2 Å². The van der Waals surface area contributed by atoms with E-state index in [1.165, 1.54) is 30.1 Å². The van der Waals surface area contributed by atoms with E-state index in [1.54, 1.807) is 39.7 Å². The number of aromatic nitrogens is 7. The zero-order valence-corrected chi connectivity index (χ0v) is 42.8. The van der Waals surface area contributed by atoms with Crippen LogP contribution in [0.3, 0.4) is 0 Å². The molecule has 0 unspecified atom stereocenters. The number of cyclic esters (lactones) is 2. The van der Waals surface area contributed by atoms with E-state index in [1.807, 2.05) is 89.4 Å². The van der Waals surface area contributed by atoms with Gasteiger partial charge in [-0.25, -0.2) is 29.3 Å². The topological polar surface area (TPSA) is 219 Å². The molecule has 1 amide bonds. The zero-order chi connectivity index (χ0) is 49.9. The minimum absolute atomic E-state index is 0.0580. The van der Waals surface area contributed by atoms with E-state index < -0.39 is 23.3 Å². The number of esters is 2. The van der Waals surface area contributed by atoms with Crippen molar-refractivity contribution in [1.29, 1.82) is 0 Å². The first-order valence-corrected chi connectivity index (χ1v) is 25.9. The number of nitrogens with zero attached hydrogens (tertiary/aromatic N) is 8. The summed E-state index contributed by atoms with van der Waals surface area (Å²) in [5.41, 5.74) is 11.6. The molecular formula is C50H56N10O7S3. The average Bonchev–Trinajstić information content (AvgIpc) is 3.89. The van der Waals surface area contributed by atoms with Gasteiger partial charge in [-0.15, -0.1) is 39.5 Å².